The van der Waals surface area contributed by atoms with E-state index >= 15 is 0 Å². The Morgan fingerprint density at radius 1 is 1.35 bits per heavy atom. The lowest BCUT2D eigenvalue weighted by atomic mass is 10.2. The number of rotatable bonds is 4. The van der Waals surface area contributed by atoms with E-state index in [2.05, 4.69) is 10.4 Å². The Bertz CT molecular complexity index is 716. The van der Waals surface area contributed by atoms with E-state index in [0.717, 1.165) is 5.56 Å². The minimum atomic E-state index is -0.545. The first-order valence-electron chi connectivity index (χ1n) is 7.40. The van der Waals surface area contributed by atoms with Crippen molar-refractivity contribution in [3.63, 3.8) is 0 Å². The second-order valence-electron chi connectivity index (χ2n) is 6.00. The molecular weight excluding hydrogens is 298 g/mol. The highest BCUT2D eigenvalue weighted by molar-refractivity contribution is 5.96. The first-order chi connectivity index (χ1) is 10.8. The number of fused-ring (bicyclic) bond motifs is 1. The Labute approximate surface area is 134 Å². The van der Waals surface area contributed by atoms with E-state index in [9.17, 15) is 9.59 Å². The van der Waals surface area contributed by atoms with Gasteiger partial charge in [-0.3, -0.25) is 0 Å². The van der Waals surface area contributed by atoms with Crippen molar-refractivity contribution in [2.24, 2.45) is 0 Å². The quantitative estimate of drug-likeness (QED) is 0.876. The van der Waals surface area contributed by atoms with E-state index in [1.807, 2.05) is 6.07 Å². The third-order valence-electron chi connectivity index (χ3n) is 2.92. The molecule has 0 spiro atoms. The van der Waals surface area contributed by atoms with Gasteiger partial charge in [-0.25, -0.2) is 14.1 Å². The number of nitrogens with zero attached hydrogens (tertiary/aromatic N) is 2. The van der Waals surface area contributed by atoms with E-state index in [1.165, 1.54) is 6.20 Å². The molecule has 0 saturated carbocycles. The fraction of sp³-hybridized carbons (Fsp3) is 0.438. The molecule has 0 aromatic carbocycles. The zero-order chi connectivity index (χ0) is 17.0. The normalized spacial score (nSPS) is 11.3. The molecule has 1 amide bonds. The van der Waals surface area contributed by atoms with Gasteiger partial charge in [-0.05, 0) is 45.4 Å². The zero-order valence-electron chi connectivity index (χ0n) is 13.8. The van der Waals surface area contributed by atoms with Crippen LogP contribution >= 0.6 is 0 Å². The smallest absolute Gasteiger partial charge is 0.407 e. The van der Waals surface area contributed by atoms with Gasteiger partial charge in [0.25, 0.3) is 0 Å². The number of amides is 1. The van der Waals surface area contributed by atoms with Crippen molar-refractivity contribution in [1.29, 1.82) is 0 Å². The molecule has 1 N–H and O–H groups in total. The molecule has 7 nitrogen and oxygen atoms in total. The average Bonchev–Trinajstić information content (AvgIpc) is 2.86. The Hall–Kier alpha value is -2.57. The van der Waals surface area contributed by atoms with Crippen LogP contribution in [0, 0.1) is 0 Å². The van der Waals surface area contributed by atoms with Crippen LogP contribution in [0.3, 0.4) is 0 Å². The topological polar surface area (TPSA) is 81.9 Å². The van der Waals surface area contributed by atoms with Gasteiger partial charge in [0.15, 0.2) is 0 Å². The summed E-state index contributed by atoms with van der Waals surface area (Å²) in [6.45, 7) is 7.75. The number of pyridine rings is 1. The van der Waals surface area contributed by atoms with Gasteiger partial charge in [-0.1, -0.05) is 0 Å². The van der Waals surface area contributed by atoms with E-state index in [0.29, 0.717) is 24.2 Å². The summed E-state index contributed by atoms with van der Waals surface area (Å²) in [7, 11) is 0. The summed E-state index contributed by atoms with van der Waals surface area (Å²) >= 11 is 0. The van der Waals surface area contributed by atoms with Gasteiger partial charge in [0.2, 0.25) is 0 Å². The number of carbonyl (C=O) groups excluding carboxylic acids is 2. The molecule has 23 heavy (non-hydrogen) atoms. The van der Waals surface area contributed by atoms with Gasteiger partial charge >= 0.3 is 12.1 Å². The summed E-state index contributed by atoms with van der Waals surface area (Å²) in [6.07, 6.45) is 2.71. The van der Waals surface area contributed by atoms with Crippen LogP contribution in [0.2, 0.25) is 0 Å². The van der Waals surface area contributed by atoms with Crippen LogP contribution in [-0.4, -0.2) is 33.9 Å². The highest BCUT2D eigenvalue weighted by Gasteiger charge is 2.17. The summed E-state index contributed by atoms with van der Waals surface area (Å²) < 4.78 is 11.8. The largest absolute Gasteiger partial charge is 0.462 e. The molecule has 2 heterocycles. The van der Waals surface area contributed by atoms with Gasteiger partial charge in [0, 0.05) is 12.7 Å². The van der Waals surface area contributed by atoms with Gasteiger partial charge in [0.05, 0.1) is 18.3 Å². The van der Waals surface area contributed by atoms with Crippen molar-refractivity contribution in [3.05, 3.63) is 35.7 Å². The van der Waals surface area contributed by atoms with Crippen molar-refractivity contribution < 1.29 is 19.1 Å². The molecule has 2 aromatic rings. The van der Waals surface area contributed by atoms with Crippen LogP contribution in [0.15, 0.2) is 24.5 Å². The molecule has 0 atom stereocenters. The maximum Gasteiger partial charge on any atom is 0.407 e. The molecule has 0 saturated heterocycles. The van der Waals surface area contributed by atoms with Crippen LogP contribution < -0.4 is 5.32 Å². The van der Waals surface area contributed by atoms with E-state index < -0.39 is 17.7 Å². The Balaban J connectivity index is 2.12. The van der Waals surface area contributed by atoms with Crippen LogP contribution in [0.25, 0.3) is 5.52 Å². The SMILES string of the molecule is CCOC(=O)c1cnn2ccc(CNC(=O)OC(C)(C)C)cc12. The fourth-order valence-electron chi connectivity index (χ4n) is 1.99. The van der Waals surface area contributed by atoms with Gasteiger partial charge < -0.3 is 14.8 Å². The van der Waals surface area contributed by atoms with Crippen molar-refractivity contribution in [1.82, 2.24) is 14.9 Å². The van der Waals surface area contributed by atoms with E-state index in [4.69, 9.17) is 9.47 Å². The van der Waals surface area contributed by atoms with Gasteiger partial charge in [0.1, 0.15) is 11.2 Å². The highest BCUT2D eigenvalue weighted by atomic mass is 16.6. The minimum absolute atomic E-state index is 0.291. The minimum Gasteiger partial charge on any atom is -0.462 e. The molecule has 0 bridgehead atoms. The highest BCUT2D eigenvalue weighted by Crippen LogP contribution is 2.14. The zero-order valence-corrected chi connectivity index (χ0v) is 13.8. The molecule has 2 aromatic heterocycles. The number of alkyl carbamates (subject to hydrolysis) is 1. The van der Waals surface area contributed by atoms with Crippen molar-refractivity contribution in [3.8, 4) is 0 Å². The monoisotopic (exact) mass is 319 g/mol. The van der Waals surface area contributed by atoms with Crippen LogP contribution in [0.4, 0.5) is 4.79 Å². The standard InChI is InChI=1S/C16H21N3O4/c1-5-22-14(20)12-10-18-19-7-6-11(8-13(12)19)9-17-15(21)23-16(2,3)4/h6-8,10H,5,9H2,1-4H3,(H,17,21). The second-order valence-corrected chi connectivity index (χ2v) is 6.00. The number of hydrogen-bond donors (Lipinski definition) is 1. The molecule has 0 aliphatic rings. The predicted molar refractivity (Wildman–Crippen MR) is 84.2 cm³/mol. The third-order valence-corrected chi connectivity index (χ3v) is 2.92. The molecule has 0 aliphatic carbocycles. The van der Waals surface area contributed by atoms with Crippen molar-refractivity contribution in [2.45, 2.75) is 39.8 Å². The number of esters is 1. The van der Waals surface area contributed by atoms with Crippen LogP contribution in [0.1, 0.15) is 43.6 Å². The molecular formula is C16H21N3O4. The summed E-state index contributed by atoms with van der Waals surface area (Å²) in [4.78, 5) is 23.6. The lowest BCUT2D eigenvalue weighted by molar-refractivity contribution is 0.0514. The molecule has 0 fully saturated rings. The number of aromatic nitrogens is 2. The first kappa shape index (κ1) is 16.8. The molecule has 2 rings (SSSR count). The summed E-state index contributed by atoms with van der Waals surface area (Å²) in [5.41, 5.74) is 1.31. The lowest BCUT2D eigenvalue weighted by Gasteiger charge is -2.19. The average molecular weight is 319 g/mol. The molecule has 0 unspecified atom stereocenters. The summed E-state index contributed by atoms with van der Waals surface area (Å²) in [5.74, 6) is -0.417. The predicted octanol–water partition coefficient (Wildman–Crippen LogP) is 2.54. The number of ether oxygens (including phenoxy) is 2. The Morgan fingerprint density at radius 3 is 2.74 bits per heavy atom. The molecule has 7 heteroatoms. The maximum absolute atomic E-state index is 11.9. The summed E-state index contributed by atoms with van der Waals surface area (Å²) in [6, 6.07) is 3.60. The fourth-order valence-corrected chi connectivity index (χ4v) is 1.99. The van der Waals surface area contributed by atoms with Crippen molar-refractivity contribution in [2.75, 3.05) is 6.61 Å². The van der Waals surface area contributed by atoms with Crippen LogP contribution in [-0.2, 0) is 16.0 Å². The van der Waals surface area contributed by atoms with E-state index in [1.54, 1.807) is 44.5 Å². The van der Waals surface area contributed by atoms with Gasteiger partial charge in [-0.15, -0.1) is 0 Å². The van der Waals surface area contributed by atoms with Crippen LogP contribution in [0.5, 0.6) is 0 Å². The third kappa shape index (κ3) is 4.45. The summed E-state index contributed by atoms with van der Waals surface area (Å²) in [5, 5.41) is 6.79. The molecule has 0 radical (unpaired) electrons. The number of carbonyl (C=O) groups is 2. The lowest BCUT2D eigenvalue weighted by Crippen LogP contribution is -2.32. The molecule has 124 valence electrons. The van der Waals surface area contributed by atoms with Crippen molar-refractivity contribution >= 4 is 17.6 Å². The Kier molecular flexibility index (Phi) is 4.88. The Morgan fingerprint density at radius 2 is 2.09 bits per heavy atom. The maximum atomic E-state index is 11.9. The number of nitrogens with one attached hydrogen (secondary N) is 1. The van der Waals surface area contributed by atoms with Gasteiger partial charge in [-0.2, -0.15) is 5.10 Å². The second kappa shape index (κ2) is 6.68. The molecule has 0 aliphatic heterocycles. The first-order valence-corrected chi connectivity index (χ1v) is 7.40. The van der Waals surface area contributed by atoms with E-state index in [-0.39, 0.29) is 0 Å². The number of hydrogen-bond acceptors (Lipinski definition) is 5.